The Morgan fingerprint density at radius 1 is 1.46 bits per heavy atom. The SMILES string of the molecule is CCCC1CC(C)C(N)(/N=C2/NC(=O)C(C)(C(C)CCN(CC)C(C)=O)S2)C1. The fourth-order valence-electron chi connectivity index (χ4n) is 4.46. The topological polar surface area (TPSA) is 87.8 Å². The van der Waals surface area contributed by atoms with Crippen LogP contribution < -0.4 is 11.1 Å². The average Bonchev–Trinajstić information content (AvgIpc) is 3.04. The van der Waals surface area contributed by atoms with Crippen molar-refractivity contribution in [2.75, 3.05) is 13.1 Å². The Morgan fingerprint density at radius 2 is 2.14 bits per heavy atom. The minimum atomic E-state index is -0.587. The van der Waals surface area contributed by atoms with Crippen LogP contribution in [0.25, 0.3) is 0 Å². The zero-order chi connectivity index (χ0) is 21.1. The number of carbonyl (C=O) groups is 2. The maximum Gasteiger partial charge on any atom is 0.242 e. The molecule has 0 aromatic rings. The summed E-state index contributed by atoms with van der Waals surface area (Å²) in [4.78, 5) is 31.1. The van der Waals surface area contributed by atoms with Gasteiger partial charge in [-0.3, -0.25) is 9.59 Å². The zero-order valence-electron chi connectivity index (χ0n) is 18.4. The third-order valence-corrected chi connectivity index (χ3v) is 8.14. The molecule has 1 saturated heterocycles. The van der Waals surface area contributed by atoms with Crippen LogP contribution in [0.5, 0.6) is 0 Å². The molecule has 7 heteroatoms. The van der Waals surface area contributed by atoms with Crippen molar-refractivity contribution in [3.63, 3.8) is 0 Å². The number of nitrogens with one attached hydrogen (secondary N) is 1. The van der Waals surface area contributed by atoms with Crippen molar-refractivity contribution < 1.29 is 9.59 Å². The lowest BCUT2D eigenvalue weighted by molar-refractivity contribution is -0.128. The normalized spacial score (nSPS) is 35.2. The van der Waals surface area contributed by atoms with Crippen molar-refractivity contribution in [3.05, 3.63) is 0 Å². The van der Waals surface area contributed by atoms with Gasteiger partial charge in [-0.1, -0.05) is 45.4 Å². The van der Waals surface area contributed by atoms with Crippen LogP contribution in [-0.4, -0.2) is 45.4 Å². The second-order valence-electron chi connectivity index (χ2n) is 8.86. The molecule has 2 amide bonds. The highest BCUT2D eigenvalue weighted by Crippen LogP contribution is 2.44. The number of nitrogens with zero attached hydrogens (tertiary/aromatic N) is 2. The van der Waals surface area contributed by atoms with Gasteiger partial charge in [-0.2, -0.15) is 0 Å². The Kier molecular flexibility index (Phi) is 7.59. The third kappa shape index (κ3) is 4.90. The summed E-state index contributed by atoms with van der Waals surface area (Å²) in [6.45, 7) is 13.4. The van der Waals surface area contributed by atoms with Crippen LogP contribution in [0.4, 0.5) is 0 Å². The molecular formula is C21H38N4O2S. The van der Waals surface area contributed by atoms with Gasteiger partial charge in [0.2, 0.25) is 11.8 Å². The molecule has 0 aromatic heterocycles. The van der Waals surface area contributed by atoms with Gasteiger partial charge in [0, 0.05) is 20.0 Å². The van der Waals surface area contributed by atoms with Gasteiger partial charge in [0.15, 0.2) is 5.17 Å². The van der Waals surface area contributed by atoms with E-state index >= 15 is 0 Å². The van der Waals surface area contributed by atoms with Gasteiger partial charge < -0.3 is 16.0 Å². The molecule has 6 nitrogen and oxygen atoms in total. The van der Waals surface area contributed by atoms with E-state index < -0.39 is 10.4 Å². The van der Waals surface area contributed by atoms with E-state index in [0.29, 0.717) is 30.1 Å². The van der Waals surface area contributed by atoms with E-state index in [4.69, 9.17) is 10.7 Å². The maximum atomic E-state index is 12.8. The number of aliphatic imine (C=N–C) groups is 1. The van der Waals surface area contributed by atoms with Crippen LogP contribution in [0.2, 0.25) is 0 Å². The van der Waals surface area contributed by atoms with Gasteiger partial charge in [-0.05, 0) is 50.9 Å². The number of hydrogen-bond donors (Lipinski definition) is 2. The smallest absolute Gasteiger partial charge is 0.242 e. The Hall–Kier alpha value is -1.08. The summed E-state index contributed by atoms with van der Waals surface area (Å²) in [5.74, 6) is 1.11. The molecule has 0 radical (unpaired) electrons. The third-order valence-electron chi connectivity index (χ3n) is 6.74. The number of amidine groups is 1. The first-order valence-electron chi connectivity index (χ1n) is 10.7. The number of nitrogens with two attached hydrogens (primary N) is 1. The summed E-state index contributed by atoms with van der Waals surface area (Å²) in [6, 6.07) is 0. The van der Waals surface area contributed by atoms with Crippen LogP contribution in [-0.2, 0) is 9.59 Å². The first-order chi connectivity index (χ1) is 13.1. The van der Waals surface area contributed by atoms with Crippen molar-refractivity contribution in [3.8, 4) is 0 Å². The molecule has 2 rings (SSSR count). The second-order valence-corrected chi connectivity index (χ2v) is 10.3. The summed E-state index contributed by atoms with van der Waals surface area (Å²) < 4.78 is -0.587. The van der Waals surface area contributed by atoms with Crippen molar-refractivity contribution in [2.45, 2.75) is 84.1 Å². The second kappa shape index (κ2) is 9.16. The predicted octanol–water partition coefficient (Wildman–Crippen LogP) is 3.36. The highest BCUT2D eigenvalue weighted by atomic mass is 32.2. The maximum absolute atomic E-state index is 12.8. The van der Waals surface area contributed by atoms with E-state index in [-0.39, 0.29) is 17.7 Å². The number of amides is 2. The van der Waals surface area contributed by atoms with Gasteiger partial charge in [0.05, 0.1) is 0 Å². The van der Waals surface area contributed by atoms with Crippen LogP contribution in [0.15, 0.2) is 4.99 Å². The lowest BCUT2D eigenvalue weighted by Gasteiger charge is -2.29. The van der Waals surface area contributed by atoms with Crippen LogP contribution in [0.1, 0.15) is 73.6 Å². The Morgan fingerprint density at radius 3 is 2.71 bits per heavy atom. The molecule has 1 aliphatic heterocycles. The fraction of sp³-hybridized carbons (Fsp3) is 0.857. The van der Waals surface area contributed by atoms with E-state index in [2.05, 4.69) is 26.1 Å². The lowest BCUT2D eigenvalue weighted by Crippen LogP contribution is -2.43. The molecule has 5 unspecified atom stereocenters. The number of thioether (sulfide) groups is 1. The monoisotopic (exact) mass is 410 g/mol. The molecule has 2 aliphatic rings. The Balaban J connectivity index is 2.07. The number of hydrogen-bond acceptors (Lipinski definition) is 5. The summed E-state index contributed by atoms with van der Waals surface area (Å²) in [6.07, 6.45) is 5.12. The summed E-state index contributed by atoms with van der Waals surface area (Å²) >= 11 is 1.50. The molecule has 28 heavy (non-hydrogen) atoms. The van der Waals surface area contributed by atoms with Crippen LogP contribution in [0.3, 0.4) is 0 Å². The van der Waals surface area contributed by atoms with Crippen molar-refractivity contribution in [2.24, 2.45) is 28.5 Å². The molecule has 3 N–H and O–H groups in total. The summed E-state index contributed by atoms with van der Waals surface area (Å²) in [5, 5.41) is 3.64. The molecule has 0 spiro atoms. The lowest BCUT2D eigenvalue weighted by atomic mass is 9.91. The van der Waals surface area contributed by atoms with E-state index in [1.54, 1.807) is 6.92 Å². The molecule has 0 bridgehead atoms. The molecular weight excluding hydrogens is 372 g/mol. The van der Waals surface area contributed by atoms with E-state index in [9.17, 15) is 9.59 Å². The summed E-state index contributed by atoms with van der Waals surface area (Å²) in [5.41, 5.74) is 6.08. The van der Waals surface area contributed by atoms with Gasteiger partial charge in [-0.25, -0.2) is 4.99 Å². The molecule has 2 fully saturated rings. The molecule has 1 heterocycles. The molecule has 0 aromatic carbocycles. The molecule has 1 saturated carbocycles. The molecule has 160 valence electrons. The van der Waals surface area contributed by atoms with E-state index in [1.807, 2.05) is 18.7 Å². The minimum absolute atomic E-state index is 0.00557. The molecule has 1 aliphatic carbocycles. The van der Waals surface area contributed by atoms with E-state index in [0.717, 1.165) is 19.3 Å². The summed E-state index contributed by atoms with van der Waals surface area (Å²) in [7, 11) is 0. The highest BCUT2D eigenvalue weighted by Gasteiger charge is 2.49. The highest BCUT2D eigenvalue weighted by molar-refractivity contribution is 8.16. The fourth-order valence-corrected chi connectivity index (χ4v) is 5.68. The van der Waals surface area contributed by atoms with Crippen molar-refractivity contribution >= 4 is 28.7 Å². The van der Waals surface area contributed by atoms with Gasteiger partial charge in [-0.15, -0.1) is 0 Å². The Bertz CT molecular complexity index is 626. The number of rotatable bonds is 8. The number of carbonyl (C=O) groups excluding carboxylic acids is 2. The van der Waals surface area contributed by atoms with Crippen molar-refractivity contribution in [1.29, 1.82) is 0 Å². The zero-order valence-corrected chi connectivity index (χ0v) is 19.2. The van der Waals surface area contributed by atoms with Crippen LogP contribution in [0, 0.1) is 17.8 Å². The van der Waals surface area contributed by atoms with Crippen molar-refractivity contribution in [1.82, 2.24) is 10.2 Å². The average molecular weight is 411 g/mol. The van der Waals surface area contributed by atoms with E-state index in [1.165, 1.54) is 24.6 Å². The first kappa shape index (κ1) is 23.2. The Labute approximate surface area is 174 Å². The minimum Gasteiger partial charge on any atom is -0.343 e. The quantitative estimate of drug-likeness (QED) is 0.642. The van der Waals surface area contributed by atoms with Gasteiger partial charge in [0.1, 0.15) is 10.4 Å². The molecule has 5 atom stereocenters. The van der Waals surface area contributed by atoms with Gasteiger partial charge >= 0.3 is 0 Å². The standard InChI is InChI=1S/C21H38N4O2S/c1-7-9-17-12-15(4)21(22,13-17)24-19-23-18(27)20(6,28-19)14(3)10-11-25(8-2)16(5)26/h14-15,17H,7-13,22H2,1-6H3,(H,23,24,27). The largest absolute Gasteiger partial charge is 0.343 e. The van der Waals surface area contributed by atoms with Gasteiger partial charge in [0.25, 0.3) is 0 Å². The van der Waals surface area contributed by atoms with Crippen LogP contribution >= 0.6 is 11.8 Å². The predicted molar refractivity (Wildman–Crippen MR) is 117 cm³/mol. The first-order valence-corrected chi connectivity index (χ1v) is 11.5.